The Morgan fingerprint density at radius 3 is 2.50 bits per heavy atom. The Hall–Kier alpha value is -1.23. The molecule has 0 bridgehead atoms. The molecule has 2 heterocycles. The predicted octanol–water partition coefficient (Wildman–Crippen LogP) is 1.67. The Morgan fingerprint density at radius 2 is 1.89 bits per heavy atom. The smallest absolute Gasteiger partial charge is 0.212 e. The molecule has 2 saturated heterocycles. The van der Waals surface area contributed by atoms with E-state index in [0.29, 0.717) is 12.2 Å². The van der Waals surface area contributed by atoms with Gasteiger partial charge in [-0.05, 0) is 12.8 Å². The van der Waals surface area contributed by atoms with Crippen LogP contribution in [0.2, 0.25) is 0 Å². The molecule has 0 spiro atoms. The number of carbonyl (C=O) groups excluding carboxylic acids is 1. The molecule has 0 amide bonds. The van der Waals surface area contributed by atoms with Gasteiger partial charge < -0.3 is 9.47 Å². The maximum atomic E-state index is 12.7. The zero-order chi connectivity index (χ0) is 12.4. The molecule has 2 fully saturated rings. The van der Waals surface area contributed by atoms with Crippen molar-refractivity contribution in [3.8, 4) is 0 Å². The lowest BCUT2D eigenvalue weighted by Crippen LogP contribution is -2.55. The summed E-state index contributed by atoms with van der Waals surface area (Å²) in [6, 6.07) is 9.33. The Balaban J connectivity index is 1.92. The van der Waals surface area contributed by atoms with Crippen LogP contribution < -0.4 is 0 Å². The van der Waals surface area contributed by atoms with Gasteiger partial charge in [0.2, 0.25) is 11.5 Å². The van der Waals surface area contributed by atoms with Gasteiger partial charge in [0.05, 0.1) is 0 Å². The van der Waals surface area contributed by atoms with E-state index in [1.54, 1.807) is 0 Å². The summed E-state index contributed by atoms with van der Waals surface area (Å²) >= 11 is 0. The first-order chi connectivity index (χ1) is 8.83. The summed E-state index contributed by atoms with van der Waals surface area (Å²) < 4.78 is 11.0. The van der Waals surface area contributed by atoms with Crippen LogP contribution in [-0.4, -0.2) is 42.9 Å². The molecule has 0 N–H and O–H groups in total. The highest BCUT2D eigenvalue weighted by Gasteiger charge is 2.49. The Morgan fingerprint density at radius 1 is 1.17 bits per heavy atom. The number of ketones is 1. The first kappa shape index (κ1) is 11.8. The average molecular weight is 247 g/mol. The molecule has 96 valence electrons. The van der Waals surface area contributed by atoms with Gasteiger partial charge in [-0.25, -0.2) is 0 Å². The summed E-state index contributed by atoms with van der Waals surface area (Å²) in [4.78, 5) is 14.8. The molecule has 18 heavy (non-hydrogen) atoms. The molecule has 1 aromatic carbocycles. The number of nitrogens with zero attached hydrogens (tertiary/aromatic N) is 1. The van der Waals surface area contributed by atoms with Gasteiger partial charge in [0.1, 0.15) is 13.4 Å². The van der Waals surface area contributed by atoms with Crippen LogP contribution in [-0.2, 0) is 9.47 Å². The first-order valence-electron chi connectivity index (χ1n) is 6.39. The number of rotatable bonds is 3. The standard InChI is InChI=1S/C14H17NO3/c16-13(12-6-2-1-3-7-12)14(10-17-11-18-14)15-8-4-5-9-15/h1-3,6-7H,4-5,8-11H2. The highest BCUT2D eigenvalue weighted by atomic mass is 16.7. The maximum absolute atomic E-state index is 12.7. The lowest BCUT2D eigenvalue weighted by molar-refractivity contribution is -0.0785. The lowest BCUT2D eigenvalue weighted by atomic mass is 10.00. The van der Waals surface area contributed by atoms with E-state index in [0.717, 1.165) is 25.9 Å². The van der Waals surface area contributed by atoms with Crippen LogP contribution in [0.25, 0.3) is 0 Å². The fourth-order valence-corrected chi connectivity index (χ4v) is 2.71. The average Bonchev–Trinajstić information content (AvgIpc) is 3.10. The zero-order valence-corrected chi connectivity index (χ0v) is 10.3. The summed E-state index contributed by atoms with van der Waals surface area (Å²) in [5, 5.41) is 0. The second-order valence-corrected chi connectivity index (χ2v) is 4.78. The molecule has 1 atom stereocenters. The quantitative estimate of drug-likeness (QED) is 0.762. The van der Waals surface area contributed by atoms with Crippen LogP contribution in [0.1, 0.15) is 23.2 Å². The molecular weight excluding hydrogens is 230 g/mol. The number of carbonyl (C=O) groups is 1. The minimum atomic E-state index is -0.891. The van der Waals surface area contributed by atoms with Crippen molar-refractivity contribution in [1.29, 1.82) is 0 Å². The monoisotopic (exact) mass is 247 g/mol. The third-order valence-corrected chi connectivity index (χ3v) is 3.69. The largest absolute Gasteiger partial charge is 0.350 e. The summed E-state index contributed by atoms with van der Waals surface area (Å²) in [5.41, 5.74) is -0.201. The molecule has 4 nitrogen and oxygen atoms in total. The second-order valence-electron chi connectivity index (χ2n) is 4.78. The van der Waals surface area contributed by atoms with Crippen molar-refractivity contribution in [3.05, 3.63) is 35.9 Å². The van der Waals surface area contributed by atoms with E-state index in [1.807, 2.05) is 30.3 Å². The summed E-state index contributed by atoms with van der Waals surface area (Å²) in [7, 11) is 0. The van der Waals surface area contributed by atoms with E-state index in [9.17, 15) is 4.79 Å². The van der Waals surface area contributed by atoms with Gasteiger partial charge in [-0.1, -0.05) is 30.3 Å². The third-order valence-electron chi connectivity index (χ3n) is 3.69. The first-order valence-corrected chi connectivity index (χ1v) is 6.39. The Kier molecular flexibility index (Phi) is 3.16. The van der Waals surface area contributed by atoms with Gasteiger partial charge in [0.25, 0.3) is 0 Å². The molecule has 2 aliphatic rings. The predicted molar refractivity (Wildman–Crippen MR) is 66.2 cm³/mol. The molecule has 0 aromatic heterocycles. The summed E-state index contributed by atoms with van der Waals surface area (Å²) in [5.74, 6) is 0.0162. The van der Waals surface area contributed by atoms with E-state index >= 15 is 0 Å². The van der Waals surface area contributed by atoms with Crippen molar-refractivity contribution in [2.75, 3.05) is 26.5 Å². The molecule has 0 aliphatic carbocycles. The molecule has 0 saturated carbocycles. The maximum Gasteiger partial charge on any atom is 0.212 e. The fraction of sp³-hybridized carbons (Fsp3) is 0.500. The van der Waals surface area contributed by atoms with Crippen molar-refractivity contribution < 1.29 is 14.3 Å². The van der Waals surface area contributed by atoms with Crippen molar-refractivity contribution in [2.45, 2.75) is 18.6 Å². The van der Waals surface area contributed by atoms with Gasteiger partial charge in [0, 0.05) is 18.7 Å². The number of Topliss-reactive ketones (excluding diaryl/α,β-unsaturated/α-hetero) is 1. The van der Waals surface area contributed by atoms with E-state index in [4.69, 9.17) is 9.47 Å². The summed E-state index contributed by atoms with van der Waals surface area (Å²) in [6.07, 6.45) is 2.24. The van der Waals surface area contributed by atoms with Gasteiger partial charge >= 0.3 is 0 Å². The molecular formula is C14H17NO3. The highest BCUT2D eigenvalue weighted by molar-refractivity contribution is 6.02. The lowest BCUT2D eigenvalue weighted by Gasteiger charge is -2.34. The van der Waals surface area contributed by atoms with Crippen LogP contribution in [0, 0.1) is 0 Å². The highest BCUT2D eigenvalue weighted by Crippen LogP contribution is 2.30. The van der Waals surface area contributed by atoms with Crippen LogP contribution in [0.5, 0.6) is 0 Å². The van der Waals surface area contributed by atoms with Crippen molar-refractivity contribution >= 4 is 5.78 Å². The molecule has 0 radical (unpaired) electrons. The number of hydrogen-bond acceptors (Lipinski definition) is 4. The van der Waals surface area contributed by atoms with Crippen molar-refractivity contribution in [3.63, 3.8) is 0 Å². The molecule has 1 aromatic rings. The van der Waals surface area contributed by atoms with Crippen molar-refractivity contribution in [1.82, 2.24) is 4.90 Å². The fourth-order valence-electron chi connectivity index (χ4n) is 2.71. The van der Waals surface area contributed by atoms with E-state index in [-0.39, 0.29) is 12.6 Å². The summed E-state index contributed by atoms with van der Waals surface area (Å²) in [6.45, 7) is 2.35. The van der Waals surface area contributed by atoms with E-state index in [2.05, 4.69) is 4.90 Å². The van der Waals surface area contributed by atoms with Gasteiger partial charge in [-0.2, -0.15) is 0 Å². The SMILES string of the molecule is O=C(c1ccccc1)C1(N2CCCC2)COCO1. The molecule has 2 aliphatic heterocycles. The van der Waals surface area contributed by atoms with Gasteiger partial charge in [-0.15, -0.1) is 0 Å². The number of ether oxygens (including phenoxy) is 2. The molecule has 4 heteroatoms. The van der Waals surface area contributed by atoms with Crippen LogP contribution >= 0.6 is 0 Å². The minimum absolute atomic E-state index is 0.0162. The van der Waals surface area contributed by atoms with Crippen LogP contribution in [0.3, 0.4) is 0 Å². The molecule has 3 rings (SSSR count). The van der Waals surface area contributed by atoms with Gasteiger partial charge in [-0.3, -0.25) is 9.69 Å². The number of likely N-dealkylation sites (tertiary alicyclic amines) is 1. The minimum Gasteiger partial charge on any atom is -0.350 e. The second kappa shape index (κ2) is 4.80. The van der Waals surface area contributed by atoms with Crippen LogP contribution in [0.4, 0.5) is 0 Å². The van der Waals surface area contributed by atoms with Gasteiger partial charge in [0.15, 0.2) is 0 Å². The molecule has 1 unspecified atom stereocenters. The number of benzene rings is 1. The third kappa shape index (κ3) is 1.86. The Bertz CT molecular complexity index is 420. The Labute approximate surface area is 106 Å². The van der Waals surface area contributed by atoms with Crippen molar-refractivity contribution in [2.24, 2.45) is 0 Å². The van der Waals surface area contributed by atoms with E-state index < -0.39 is 5.72 Å². The normalized spacial score (nSPS) is 28.7. The van der Waals surface area contributed by atoms with Crippen LogP contribution in [0.15, 0.2) is 30.3 Å². The zero-order valence-electron chi connectivity index (χ0n) is 10.3. The topological polar surface area (TPSA) is 38.8 Å². The number of hydrogen-bond donors (Lipinski definition) is 0. The van der Waals surface area contributed by atoms with E-state index in [1.165, 1.54) is 0 Å².